The number of allylic oxidation sites excluding steroid dienone is 1. The fraction of sp³-hybridized carbons (Fsp3) is 0.667. The summed E-state index contributed by atoms with van der Waals surface area (Å²) in [4.78, 5) is 23.1. The molecule has 146 valence electrons. The molecule has 0 amide bonds. The molecule has 1 aliphatic rings. The summed E-state index contributed by atoms with van der Waals surface area (Å²) in [6.45, 7) is 2.12. The number of carbonyl (C=O) groups excluding carboxylic acids is 2. The second-order valence-electron chi connectivity index (χ2n) is 6.80. The molecule has 0 aliphatic heterocycles. The Balaban J connectivity index is 2.54. The van der Waals surface area contributed by atoms with Gasteiger partial charge < -0.3 is 14.9 Å². The van der Waals surface area contributed by atoms with Gasteiger partial charge in [-0.15, -0.1) is 5.73 Å². The molecule has 1 rings (SSSR count). The number of carbonyl (C=O) groups is 2. The van der Waals surface area contributed by atoms with Crippen LogP contribution in [0.3, 0.4) is 0 Å². The Kier molecular flexibility index (Phi) is 10.9. The van der Waals surface area contributed by atoms with Gasteiger partial charge in [-0.05, 0) is 31.4 Å². The lowest BCUT2D eigenvalue weighted by molar-refractivity contribution is -0.140. The third-order valence-corrected chi connectivity index (χ3v) is 4.72. The number of aliphatic hydroxyl groups excluding tert-OH is 2. The smallest absolute Gasteiger partial charge is 0.305 e. The molecule has 0 bridgehead atoms. The number of hydrogen-bond acceptors (Lipinski definition) is 5. The van der Waals surface area contributed by atoms with E-state index in [2.05, 4.69) is 17.4 Å². The minimum atomic E-state index is -0.691. The lowest BCUT2D eigenvalue weighted by Crippen LogP contribution is -2.18. The van der Waals surface area contributed by atoms with Crippen molar-refractivity contribution in [2.45, 2.75) is 70.5 Å². The Hall–Kier alpha value is -1.68. The van der Waals surface area contributed by atoms with Gasteiger partial charge in [0.2, 0.25) is 0 Å². The van der Waals surface area contributed by atoms with Gasteiger partial charge in [-0.25, -0.2) is 0 Å². The molecule has 1 aliphatic carbocycles. The molecular weight excluding hydrogens is 332 g/mol. The summed E-state index contributed by atoms with van der Waals surface area (Å²) < 4.78 is 4.56. The van der Waals surface area contributed by atoms with E-state index in [1.807, 2.05) is 0 Å². The van der Waals surface area contributed by atoms with Crippen LogP contribution in [0.4, 0.5) is 0 Å². The molecule has 1 unspecified atom stereocenters. The van der Waals surface area contributed by atoms with E-state index in [0.717, 1.165) is 19.3 Å². The minimum Gasteiger partial charge on any atom is -0.469 e. The van der Waals surface area contributed by atoms with Crippen LogP contribution in [0.2, 0.25) is 0 Å². The van der Waals surface area contributed by atoms with Crippen molar-refractivity contribution in [2.24, 2.45) is 11.8 Å². The number of hydrogen-bond donors (Lipinski definition) is 2. The van der Waals surface area contributed by atoms with Crippen LogP contribution in [0, 0.1) is 11.8 Å². The molecular formula is C21H32O5. The van der Waals surface area contributed by atoms with E-state index in [1.165, 1.54) is 7.11 Å². The number of ether oxygens (including phenoxy) is 1. The van der Waals surface area contributed by atoms with Gasteiger partial charge in [0.1, 0.15) is 5.78 Å². The zero-order valence-corrected chi connectivity index (χ0v) is 15.9. The SMILES string of the molecule is CCCCC[C@@H](O)/C=C/C1[C@H](O)CC(=O)[C@@H]1CC=C=CCCC(=O)OC. The third-order valence-electron chi connectivity index (χ3n) is 4.72. The molecule has 1 saturated carbocycles. The molecule has 5 nitrogen and oxygen atoms in total. The predicted molar refractivity (Wildman–Crippen MR) is 100 cm³/mol. The third kappa shape index (κ3) is 8.13. The number of Topliss-reactive ketones (excluding diaryl/α,β-unsaturated/α-hetero) is 1. The Morgan fingerprint density at radius 3 is 2.85 bits per heavy atom. The standard InChI is InChI=1S/C21H32O5/c1-3-4-7-10-16(22)13-14-18-17(19(23)15-20(18)24)11-8-5-6-9-12-21(25)26-2/h6,8,13-14,16-18,20,22,24H,3-4,7,9-12,15H2,1-2H3/b14-13+/t5?,16-,17-,18?,20-/m1/s1. The second kappa shape index (κ2) is 12.6. The number of ketones is 1. The highest BCUT2D eigenvalue weighted by Crippen LogP contribution is 2.33. The molecule has 0 aromatic carbocycles. The van der Waals surface area contributed by atoms with Gasteiger partial charge >= 0.3 is 5.97 Å². The lowest BCUT2D eigenvalue weighted by atomic mass is 9.90. The zero-order chi connectivity index (χ0) is 19.4. The maximum atomic E-state index is 12.1. The van der Waals surface area contributed by atoms with Crippen molar-refractivity contribution in [3.63, 3.8) is 0 Å². The van der Waals surface area contributed by atoms with E-state index in [1.54, 1.807) is 24.3 Å². The van der Waals surface area contributed by atoms with Crippen LogP contribution in [0.25, 0.3) is 0 Å². The summed E-state index contributed by atoms with van der Waals surface area (Å²) in [5, 5.41) is 20.1. The Morgan fingerprint density at radius 2 is 2.15 bits per heavy atom. The number of unbranched alkanes of at least 4 members (excludes halogenated alkanes) is 2. The number of rotatable bonds is 11. The first-order valence-corrected chi connectivity index (χ1v) is 9.53. The Morgan fingerprint density at radius 1 is 1.38 bits per heavy atom. The molecule has 26 heavy (non-hydrogen) atoms. The molecule has 0 aromatic heterocycles. The fourth-order valence-corrected chi connectivity index (χ4v) is 3.14. The molecule has 0 saturated heterocycles. The molecule has 0 radical (unpaired) electrons. The molecule has 0 spiro atoms. The average Bonchev–Trinajstić information content (AvgIpc) is 2.89. The van der Waals surface area contributed by atoms with Crippen molar-refractivity contribution in [2.75, 3.05) is 7.11 Å². The second-order valence-corrected chi connectivity index (χ2v) is 6.80. The highest BCUT2D eigenvalue weighted by Gasteiger charge is 2.39. The van der Waals surface area contributed by atoms with Crippen molar-refractivity contribution in [1.82, 2.24) is 0 Å². The van der Waals surface area contributed by atoms with Crippen LogP contribution >= 0.6 is 0 Å². The van der Waals surface area contributed by atoms with Crippen LogP contribution in [0.5, 0.6) is 0 Å². The molecule has 0 aromatic rings. The lowest BCUT2D eigenvalue weighted by Gasteiger charge is -2.16. The first-order valence-electron chi connectivity index (χ1n) is 9.53. The topological polar surface area (TPSA) is 83.8 Å². The maximum absolute atomic E-state index is 12.1. The van der Waals surface area contributed by atoms with Crippen LogP contribution < -0.4 is 0 Å². The zero-order valence-electron chi connectivity index (χ0n) is 15.9. The van der Waals surface area contributed by atoms with Gasteiger partial charge in [0.25, 0.3) is 0 Å². The van der Waals surface area contributed by atoms with Crippen LogP contribution in [0.1, 0.15) is 58.3 Å². The number of methoxy groups -OCH3 is 1. The first-order chi connectivity index (χ1) is 12.5. The normalized spacial score (nSPS) is 23.7. The van der Waals surface area contributed by atoms with Crippen LogP contribution in [-0.2, 0) is 14.3 Å². The predicted octanol–water partition coefficient (Wildman–Crippen LogP) is 3.10. The van der Waals surface area contributed by atoms with Gasteiger partial charge in [-0.2, -0.15) is 0 Å². The van der Waals surface area contributed by atoms with Crippen molar-refractivity contribution < 1.29 is 24.5 Å². The molecule has 2 N–H and O–H groups in total. The summed E-state index contributed by atoms with van der Waals surface area (Å²) in [5.74, 6) is -0.776. The molecule has 4 atom stereocenters. The van der Waals surface area contributed by atoms with E-state index in [4.69, 9.17) is 0 Å². The van der Waals surface area contributed by atoms with Crippen LogP contribution in [-0.4, -0.2) is 41.3 Å². The van der Waals surface area contributed by atoms with E-state index in [-0.39, 0.29) is 30.0 Å². The average molecular weight is 364 g/mol. The number of esters is 1. The molecule has 1 fully saturated rings. The van der Waals surface area contributed by atoms with Crippen molar-refractivity contribution >= 4 is 11.8 Å². The quantitative estimate of drug-likeness (QED) is 0.255. The van der Waals surface area contributed by atoms with Crippen LogP contribution in [0.15, 0.2) is 30.0 Å². The summed E-state index contributed by atoms with van der Waals surface area (Å²) >= 11 is 0. The fourth-order valence-electron chi connectivity index (χ4n) is 3.14. The largest absolute Gasteiger partial charge is 0.469 e. The van der Waals surface area contributed by atoms with Crippen molar-refractivity contribution in [3.8, 4) is 0 Å². The van der Waals surface area contributed by atoms with E-state index < -0.39 is 12.2 Å². The highest BCUT2D eigenvalue weighted by atomic mass is 16.5. The molecule has 0 heterocycles. The number of aliphatic hydroxyl groups is 2. The minimum absolute atomic E-state index is 0.0419. The van der Waals surface area contributed by atoms with Crippen molar-refractivity contribution in [1.29, 1.82) is 0 Å². The van der Waals surface area contributed by atoms with Crippen molar-refractivity contribution in [3.05, 3.63) is 30.0 Å². The highest BCUT2D eigenvalue weighted by molar-refractivity contribution is 5.84. The van der Waals surface area contributed by atoms with E-state index in [9.17, 15) is 19.8 Å². The van der Waals surface area contributed by atoms with Gasteiger partial charge in [-0.3, -0.25) is 9.59 Å². The summed E-state index contributed by atoms with van der Waals surface area (Å²) in [6.07, 6.45) is 11.2. The van der Waals surface area contributed by atoms with Gasteiger partial charge in [-0.1, -0.05) is 38.3 Å². The van der Waals surface area contributed by atoms with E-state index in [0.29, 0.717) is 25.7 Å². The van der Waals surface area contributed by atoms with Gasteiger partial charge in [0, 0.05) is 24.7 Å². The Labute approximate surface area is 156 Å². The Bertz CT molecular complexity index is 531. The van der Waals surface area contributed by atoms with Gasteiger partial charge in [0.05, 0.1) is 19.3 Å². The maximum Gasteiger partial charge on any atom is 0.305 e. The summed E-state index contributed by atoms with van der Waals surface area (Å²) in [5.41, 5.74) is 2.98. The van der Waals surface area contributed by atoms with Gasteiger partial charge in [0.15, 0.2) is 0 Å². The monoisotopic (exact) mass is 364 g/mol. The van der Waals surface area contributed by atoms with E-state index >= 15 is 0 Å². The summed E-state index contributed by atoms with van der Waals surface area (Å²) in [7, 11) is 1.35. The molecule has 5 heteroatoms. The first kappa shape index (κ1) is 22.4. The summed E-state index contributed by atoms with van der Waals surface area (Å²) in [6, 6.07) is 0.